The second kappa shape index (κ2) is 7.17. The summed E-state index contributed by atoms with van der Waals surface area (Å²) < 4.78 is 5.44. The number of anilines is 1. The molecule has 1 aromatic carbocycles. The molecule has 1 aliphatic heterocycles. The number of rotatable bonds is 3. The van der Waals surface area contributed by atoms with Gasteiger partial charge >= 0.3 is 6.09 Å². The average Bonchev–Trinajstić information content (AvgIpc) is 3.37. The molecule has 1 saturated heterocycles. The van der Waals surface area contributed by atoms with Crippen LogP contribution in [0.5, 0.6) is 0 Å². The van der Waals surface area contributed by atoms with Crippen LogP contribution in [-0.2, 0) is 4.74 Å². The zero-order chi connectivity index (χ0) is 18.9. The Hall–Kier alpha value is -2.24. The van der Waals surface area contributed by atoms with Gasteiger partial charge in [-0.25, -0.2) is 4.79 Å². The first kappa shape index (κ1) is 18.5. The van der Waals surface area contributed by atoms with Crippen LogP contribution < -0.4 is 10.2 Å². The Morgan fingerprint density at radius 3 is 2.31 bits per heavy atom. The molecule has 3 rings (SSSR count). The molecule has 0 radical (unpaired) electrons. The minimum absolute atomic E-state index is 0.0110. The van der Waals surface area contributed by atoms with Gasteiger partial charge in [-0.05, 0) is 64.3 Å². The van der Waals surface area contributed by atoms with E-state index in [1.165, 1.54) is 0 Å². The number of benzene rings is 1. The molecule has 2 amide bonds. The molecular weight excluding hydrogens is 330 g/mol. The lowest BCUT2D eigenvalue weighted by molar-refractivity contribution is 0.0240. The summed E-state index contributed by atoms with van der Waals surface area (Å²) in [7, 11) is 0. The number of carbonyl (C=O) groups excluding carboxylic acids is 2. The summed E-state index contributed by atoms with van der Waals surface area (Å²) in [6.07, 6.45) is 1.93. The largest absolute Gasteiger partial charge is 0.444 e. The number of carbonyl (C=O) groups is 2. The van der Waals surface area contributed by atoms with Crippen molar-refractivity contribution in [3.63, 3.8) is 0 Å². The zero-order valence-electron chi connectivity index (χ0n) is 16.2. The first-order chi connectivity index (χ1) is 12.2. The van der Waals surface area contributed by atoms with E-state index in [-0.39, 0.29) is 12.0 Å². The van der Waals surface area contributed by atoms with Crippen molar-refractivity contribution < 1.29 is 14.3 Å². The van der Waals surface area contributed by atoms with E-state index in [1.54, 1.807) is 4.90 Å². The summed E-state index contributed by atoms with van der Waals surface area (Å²) in [6.45, 7) is 10.5. The molecule has 0 unspecified atom stereocenters. The molecule has 1 N–H and O–H groups in total. The molecular formula is C20H29N3O3. The molecule has 1 aromatic rings. The molecule has 26 heavy (non-hydrogen) atoms. The minimum atomic E-state index is -0.471. The Kier molecular flexibility index (Phi) is 5.12. The SMILES string of the molecule is Cc1cc(C(=O)NC2CC2)ccc1N1CCN(C(=O)OC(C)(C)C)CC1. The maximum Gasteiger partial charge on any atom is 0.410 e. The minimum Gasteiger partial charge on any atom is -0.444 e. The van der Waals surface area contributed by atoms with Crippen molar-refractivity contribution in [2.45, 2.75) is 52.2 Å². The lowest BCUT2D eigenvalue weighted by Crippen LogP contribution is -2.50. The van der Waals surface area contributed by atoms with Gasteiger partial charge in [0.1, 0.15) is 5.60 Å². The smallest absolute Gasteiger partial charge is 0.410 e. The Bertz CT molecular complexity index is 684. The predicted molar refractivity (Wildman–Crippen MR) is 102 cm³/mol. The van der Waals surface area contributed by atoms with Crippen molar-refractivity contribution in [1.29, 1.82) is 0 Å². The second-order valence-corrected chi connectivity index (χ2v) is 8.20. The summed E-state index contributed by atoms with van der Waals surface area (Å²) in [5.74, 6) is 0.0110. The van der Waals surface area contributed by atoms with Gasteiger partial charge < -0.3 is 19.9 Å². The number of piperazine rings is 1. The van der Waals surface area contributed by atoms with Gasteiger partial charge in [-0.2, -0.15) is 0 Å². The summed E-state index contributed by atoms with van der Waals surface area (Å²) in [5.41, 5.74) is 2.45. The van der Waals surface area contributed by atoms with E-state index >= 15 is 0 Å². The number of hydrogen-bond acceptors (Lipinski definition) is 4. The third-order valence-electron chi connectivity index (χ3n) is 4.64. The van der Waals surface area contributed by atoms with Crippen molar-refractivity contribution in [2.24, 2.45) is 0 Å². The van der Waals surface area contributed by atoms with E-state index in [0.717, 1.165) is 37.2 Å². The highest BCUT2D eigenvalue weighted by molar-refractivity contribution is 5.95. The number of aryl methyl sites for hydroxylation is 1. The Labute approximate surface area is 155 Å². The molecule has 1 heterocycles. The van der Waals surface area contributed by atoms with Crippen molar-refractivity contribution in [3.8, 4) is 0 Å². The van der Waals surface area contributed by atoms with Crippen LogP contribution in [0.25, 0.3) is 0 Å². The monoisotopic (exact) mass is 359 g/mol. The van der Waals surface area contributed by atoms with Crippen molar-refractivity contribution in [1.82, 2.24) is 10.2 Å². The van der Waals surface area contributed by atoms with Crippen LogP contribution in [0, 0.1) is 6.92 Å². The fourth-order valence-electron chi connectivity index (χ4n) is 3.10. The van der Waals surface area contributed by atoms with Gasteiger partial charge in [0.25, 0.3) is 5.91 Å². The maximum atomic E-state index is 12.2. The van der Waals surface area contributed by atoms with Crippen LogP contribution in [0.15, 0.2) is 18.2 Å². The molecule has 0 bridgehead atoms. The average molecular weight is 359 g/mol. The van der Waals surface area contributed by atoms with Crippen molar-refractivity contribution >= 4 is 17.7 Å². The Morgan fingerprint density at radius 2 is 1.77 bits per heavy atom. The molecule has 0 aromatic heterocycles. The number of nitrogens with one attached hydrogen (secondary N) is 1. The molecule has 2 aliphatic rings. The first-order valence-corrected chi connectivity index (χ1v) is 9.37. The second-order valence-electron chi connectivity index (χ2n) is 8.20. The zero-order valence-corrected chi connectivity index (χ0v) is 16.2. The van der Waals surface area contributed by atoms with Crippen LogP contribution >= 0.6 is 0 Å². The molecule has 1 aliphatic carbocycles. The van der Waals surface area contributed by atoms with Crippen molar-refractivity contribution in [2.75, 3.05) is 31.1 Å². The third kappa shape index (κ3) is 4.68. The van der Waals surface area contributed by atoms with Gasteiger partial charge in [0.15, 0.2) is 0 Å². The molecule has 0 atom stereocenters. The van der Waals surface area contributed by atoms with Gasteiger partial charge in [0.05, 0.1) is 0 Å². The fourth-order valence-corrected chi connectivity index (χ4v) is 3.10. The number of nitrogens with zero attached hydrogens (tertiary/aromatic N) is 2. The summed E-state index contributed by atoms with van der Waals surface area (Å²) in [5, 5.41) is 3.02. The summed E-state index contributed by atoms with van der Waals surface area (Å²) in [4.78, 5) is 28.4. The standard InChI is InChI=1S/C20H29N3O3/c1-14-13-15(18(24)21-16-6-7-16)5-8-17(14)22-9-11-23(12-10-22)19(25)26-20(2,3)4/h5,8,13,16H,6-7,9-12H2,1-4H3,(H,21,24). The normalized spacial score (nSPS) is 17.8. The third-order valence-corrected chi connectivity index (χ3v) is 4.64. The molecule has 6 heteroatoms. The molecule has 142 valence electrons. The number of ether oxygens (including phenoxy) is 1. The molecule has 6 nitrogen and oxygen atoms in total. The predicted octanol–water partition coefficient (Wildman–Crippen LogP) is 2.94. The van der Waals surface area contributed by atoms with Crippen LogP contribution in [-0.4, -0.2) is 54.7 Å². The van der Waals surface area contributed by atoms with Crippen LogP contribution in [0.4, 0.5) is 10.5 Å². The highest BCUT2D eigenvalue weighted by atomic mass is 16.6. The molecule has 2 fully saturated rings. The summed E-state index contributed by atoms with van der Waals surface area (Å²) in [6, 6.07) is 6.22. The topological polar surface area (TPSA) is 61.9 Å². The summed E-state index contributed by atoms with van der Waals surface area (Å²) >= 11 is 0. The van der Waals surface area contributed by atoms with E-state index < -0.39 is 5.60 Å². The van der Waals surface area contributed by atoms with Crippen LogP contribution in [0.3, 0.4) is 0 Å². The lowest BCUT2D eigenvalue weighted by atomic mass is 10.1. The highest BCUT2D eigenvalue weighted by Crippen LogP contribution is 2.24. The highest BCUT2D eigenvalue weighted by Gasteiger charge is 2.27. The van der Waals surface area contributed by atoms with Crippen LogP contribution in [0.1, 0.15) is 49.5 Å². The number of amides is 2. The van der Waals surface area contributed by atoms with E-state index in [1.807, 2.05) is 45.9 Å². The maximum absolute atomic E-state index is 12.2. The quantitative estimate of drug-likeness (QED) is 0.901. The van der Waals surface area contributed by atoms with Gasteiger partial charge in [-0.15, -0.1) is 0 Å². The fraction of sp³-hybridized carbons (Fsp3) is 0.600. The Balaban J connectivity index is 1.58. The van der Waals surface area contributed by atoms with E-state index in [4.69, 9.17) is 4.74 Å². The molecule has 0 spiro atoms. The molecule has 1 saturated carbocycles. The Morgan fingerprint density at radius 1 is 1.12 bits per heavy atom. The van der Waals surface area contributed by atoms with E-state index in [0.29, 0.717) is 24.7 Å². The van der Waals surface area contributed by atoms with Gasteiger partial charge in [-0.3, -0.25) is 4.79 Å². The number of hydrogen-bond donors (Lipinski definition) is 1. The van der Waals surface area contributed by atoms with Crippen LogP contribution in [0.2, 0.25) is 0 Å². The van der Waals surface area contributed by atoms with Gasteiger partial charge in [-0.1, -0.05) is 0 Å². The van der Waals surface area contributed by atoms with E-state index in [2.05, 4.69) is 10.2 Å². The first-order valence-electron chi connectivity index (χ1n) is 9.37. The van der Waals surface area contributed by atoms with Gasteiger partial charge in [0, 0.05) is 43.5 Å². The van der Waals surface area contributed by atoms with Gasteiger partial charge in [0.2, 0.25) is 0 Å². The van der Waals surface area contributed by atoms with Crippen molar-refractivity contribution in [3.05, 3.63) is 29.3 Å². The lowest BCUT2D eigenvalue weighted by Gasteiger charge is -2.37. The van der Waals surface area contributed by atoms with E-state index in [9.17, 15) is 9.59 Å².